The molecule has 0 aromatic carbocycles. The molecule has 0 spiro atoms. The van der Waals surface area contributed by atoms with Gasteiger partial charge in [0.1, 0.15) is 0 Å². The van der Waals surface area contributed by atoms with Gasteiger partial charge in [-0.2, -0.15) is 0 Å². The van der Waals surface area contributed by atoms with Crippen LogP contribution in [0.1, 0.15) is 0 Å². The minimum absolute atomic E-state index is 0. The van der Waals surface area contributed by atoms with Crippen LogP contribution in [0, 0.1) is 0 Å². The summed E-state index contributed by atoms with van der Waals surface area (Å²) in [6.07, 6.45) is 0. The van der Waals surface area contributed by atoms with Gasteiger partial charge in [-0.15, -0.1) is 0 Å². The van der Waals surface area contributed by atoms with Crippen molar-refractivity contribution in [1.82, 2.24) is 10.6 Å². The van der Waals surface area contributed by atoms with E-state index in [1.54, 1.807) is 0 Å². The van der Waals surface area contributed by atoms with Gasteiger partial charge in [-0.1, -0.05) is 8.64 Å². The van der Waals surface area contributed by atoms with Crippen LogP contribution in [-0.2, 0) is 61.8 Å². The van der Waals surface area contributed by atoms with Crippen LogP contribution in [0.5, 0.6) is 0 Å². The summed E-state index contributed by atoms with van der Waals surface area (Å²) in [7, 11) is 0. The van der Waals surface area contributed by atoms with Crippen LogP contribution in [0.25, 0.3) is 0 Å². The molecule has 2 N–H and O–H groups in total. The number of nitrogens with one attached hydrogen (secondary N) is 2. The summed E-state index contributed by atoms with van der Waals surface area (Å²) in [5.74, 6) is 0. The van der Waals surface area contributed by atoms with E-state index in [0.717, 1.165) is 0 Å². The van der Waals surface area contributed by atoms with E-state index in [1.165, 1.54) is 0 Å². The van der Waals surface area contributed by atoms with Crippen LogP contribution < -0.4 is 10.6 Å². The smallest absolute Gasteiger partial charge is 0.412 e. The summed E-state index contributed by atoms with van der Waals surface area (Å²) in [4.78, 5) is 0. The second-order valence-corrected chi connectivity index (χ2v) is 3.58. The molecule has 0 amide bonds. The zero-order valence-electron chi connectivity index (χ0n) is 6.13. The first-order valence-corrected chi connectivity index (χ1v) is 4.16. The molecule has 0 bridgehead atoms. The van der Waals surface area contributed by atoms with Gasteiger partial charge in [-0.05, 0) is 0 Å². The normalized spacial score (nSPS) is 7.00. The molecule has 0 aromatic heterocycles. The summed E-state index contributed by atoms with van der Waals surface area (Å²) < 4.78 is 0.745. The molecule has 0 unspecified atom stereocenters. The van der Waals surface area contributed by atoms with Crippen molar-refractivity contribution in [3.8, 4) is 0 Å². The fraction of sp³-hybridized carbons (Fsp3) is 0.500. The summed E-state index contributed by atoms with van der Waals surface area (Å²) in [5, 5.41) is 5.56. The third-order valence-corrected chi connectivity index (χ3v) is 1.24. The van der Waals surface area contributed by atoms with Crippen LogP contribution in [0.2, 0.25) is 0 Å². The molecular weight excluding hydrogens is 325 g/mol. The van der Waals surface area contributed by atoms with Crippen molar-refractivity contribution >= 4 is 58.3 Å². The molecule has 1 radical (unpaired) electrons. The van der Waals surface area contributed by atoms with E-state index >= 15 is 0 Å². The Morgan fingerprint density at radius 3 is 1.42 bits per heavy atom. The topological polar surface area (TPSA) is 24.1 Å². The SMILES string of the molecule is S=C([S-])NCCNC(=S)[S-].[Mn].[Zn+2]. The minimum Gasteiger partial charge on any atom is -0.412 e. The Morgan fingerprint density at radius 1 is 1.00 bits per heavy atom. The summed E-state index contributed by atoms with van der Waals surface area (Å²) in [5.41, 5.74) is 0. The monoisotopic (exact) mass is 329 g/mol. The second-order valence-electron chi connectivity index (χ2n) is 1.43. The molecule has 0 aliphatic rings. The van der Waals surface area contributed by atoms with Gasteiger partial charge in [-0.25, -0.2) is 0 Å². The molecule has 0 heterocycles. The average Bonchev–Trinajstić information content (AvgIpc) is 1.79. The van der Waals surface area contributed by atoms with E-state index < -0.39 is 0 Å². The molecular formula is C4H6MnN2S4Zn. The molecule has 0 fully saturated rings. The van der Waals surface area contributed by atoms with Crippen molar-refractivity contribution in [2.75, 3.05) is 13.1 Å². The maximum atomic E-state index is 4.59. The Labute approximate surface area is 117 Å². The van der Waals surface area contributed by atoms with Gasteiger partial charge in [-0.3, -0.25) is 0 Å². The van der Waals surface area contributed by atoms with Gasteiger partial charge in [0.25, 0.3) is 0 Å². The molecule has 2 nitrogen and oxygen atoms in total. The van der Waals surface area contributed by atoms with Crippen molar-refractivity contribution in [1.29, 1.82) is 0 Å². The van der Waals surface area contributed by atoms with E-state index in [1.807, 2.05) is 0 Å². The van der Waals surface area contributed by atoms with Crippen LogP contribution >= 0.6 is 24.4 Å². The van der Waals surface area contributed by atoms with Crippen LogP contribution in [0.4, 0.5) is 0 Å². The Kier molecular flexibility index (Phi) is 19.6. The van der Waals surface area contributed by atoms with Gasteiger partial charge >= 0.3 is 19.5 Å². The molecule has 0 atom stereocenters. The largest absolute Gasteiger partial charge is 2.00 e. The summed E-state index contributed by atoms with van der Waals surface area (Å²) in [6.45, 7) is 1.33. The molecule has 0 saturated carbocycles. The van der Waals surface area contributed by atoms with E-state index in [-0.39, 0.29) is 36.5 Å². The summed E-state index contributed by atoms with van der Waals surface area (Å²) >= 11 is 18.4. The van der Waals surface area contributed by atoms with Crippen molar-refractivity contribution in [2.45, 2.75) is 0 Å². The van der Waals surface area contributed by atoms with E-state index in [9.17, 15) is 0 Å². The van der Waals surface area contributed by atoms with Crippen LogP contribution in [0.15, 0.2) is 0 Å². The van der Waals surface area contributed by atoms with Crippen molar-refractivity contribution in [2.24, 2.45) is 0 Å². The molecule has 65 valence electrons. The molecule has 12 heavy (non-hydrogen) atoms. The predicted octanol–water partition coefficient (Wildman–Crippen LogP) is -0.176. The number of hydrogen-bond acceptors (Lipinski definition) is 4. The quantitative estimate of drug-likeness (QED) is 0.322. The van der Waals surface area contributed by atoms with Crippen molar-refractivity contribution in [3.05, 3.63) is 0 Å². The molecule has 0 aliphatic heterocycles. The maximum Gasteiger partial charge on any atom is 2.00 e. The minimum atomic E-state index is 0. The van der Waals surface area contributed by atoms with Crippen LogP contribution in [0.3, 0.4) is 0 Å². The Morgan fingerprint density at radius 2 is 1.25 bits per heavy atom. The number of hydrogen-bond donors (Lipinski definition) is 2. The molecule has 8 heteroatoms. The van der Waals surface area contributed by atoms with E-state index in [4.69, 9.17) is 0 Å². The first-order valence-electron chi connectivity index (χ1n) is 2.52. The Hall–Kier alpha value is 1.36. The van der Waals surface area contributed by atoms with Gasteiger partial charge in [0.05, 0.1) is 0 Å². The van der Waals surface area contributed by atoms with Crippen LogP contribution in [-0.4, -0.2) is 21.7 Å². The third-order valence-electron chi connectivity index (χ3n) is 0.664. The zero-order chi connectivity index (χ0) is 7.98. The standard InChI is InChI=1S/C4H8N2S4.Mn.Zn/c7-3(8)5-1-2-6-4(9)10;;/h1-2H2,(H2,5,7,8)(H2,6,9,10);;/q;;+2/p-2. The molecule has 0 aliphatic carbocycles. The fourth-order valence-corrected chi connectivity index (χ4v) is 0.737. The van der Waals surface area contributed by atoms with Crippen molar-refractivity contribution in [3.63, 3.8) is 0 Å². The Bertz CT molecular complexity index is 129. The molecule has 0 rings (SSSR count). The summed E-state index contributed by atoms with van der Waals surface area (Å²) in [6, 6.07) is 0. The van der Waals surface area contributed by atoms with Gasteiger partial charge in [0.2, 0.25) is 0 Å². The first-order chi connectivity index (χ1) is 4.63. The second kappa shape index (κ2) is 12.4. The fourth-order valence-electron chi connectivity index (χ4n) is 0.329. The molecule has 0 aromatic rings. The first kappa shape index (κ1) is 19.0. The van der Waals surface area contributed by atoms with Gasteiger partial charge in [0.15, 0.2) is 0 Å². The van der Waals surface area contributed by atoms with E-state index in [0.29, 0.717) is 21.7 Å². The van der Waals surface area contributed by atoms with Gasteiger partial charge < -0.3 is 60.3 Å². The van der Waals surface area contributed by atoms with Gasteiger partial charge in [0, 0.05) is 30.2 Å². The van der Waals surface area contributed by atoms with Crippen molar-refractivity contribution < 1.29 is 36.5 Å². The Balaban J connectivity index is -0.000000405. The zero-order valence-corrected chi connectivity index (χ0v) is 13.5. The predicted molar refractivity (Wildman–Crippen MR) is 55.9 cm³/mol. The maximum absolute atomic E-state index is 4.59. The number of thiocarbonyl (C=S) groups is 2. The third kappa shape index (κ3) is 17.4. The average molecular weight is 331 g/mol. The molecule has 0 saturated heterocycles. The number of rotatable bonds is 3. The van der Waals surface area contributed by atoms with E-state index in [2.05, 4.69) is 60.3 Å².